The molecule has 4 nitrogen and oxygen atoms in total. The highest BCUT2D eigenvalue weighted by Gasteiger charge is 2.35. The van der Waals surface area contributed by atoms with E-state index in [9.17, 15) is 0 Å². The standard InChI is InChI=1S/C24H21NOS.C11H11NOS.C2H6.CH4.ClH/c1-3-9-18(10-4-1)24(19-11-5-2-6-12-19)25-15-20(16-25)26-22-17-27-23-14-8-7-13-21(22)23;1-2-4-11-9(3-1)10(7-14-11)13-8-5-12-6-8;1-2;;/h1-14,17,20,24H,15-16H2;1-4,7-8,12H,5-6H2;1-2H3;1H4;1H. The van der Waals surface area contributed by atoms with Crippen LogP contribution in [-0.2, 0) is 0 Å². The average Bonchev–Trinajstić information content (AvgIpc) is 3.64. The van der Waals surface area contributed by atoms with E-state index in [1.165, 1.54) is 31.3 Å². The molecule has 236 valence electrons. The van der Waals surface area contributed by atoms with Crippen molar-refractivity contribution in [3.63, 3.8) is 0 Å². The number of hydrogen-bond donors (Lipinski definition) is 1. The van der Waals surface area contributed by atoms with E-state index in [1.54, 1.807) is 22.7 Å². The average molecular weight is 659 g/mol. The molecule has 2 saturated heterocycles. The fourth-order valence-corrected chi connectivity index (χ4v) is 7.17. The lowest BCUT2D eigenvalue weighted by Crippen LogP contribution is -2.55. The fourth-order valence-electron chi connectivity index (χ4n) is 5.43. The predicted octanol–water partition coefficient (Wildman–Crippen LogP) is 10.1. The van der Waals surface area contributed by atoms with Crippen LogP contribution in [-0.4, -0.2) is 43.3 Å². The van der Waals surface area contributed by atoms with Gasteiger partial charge in [0, 0.05) is 57.1 Å². The smallest absolute Gasteiger partial charge is 0.138 e. The van der Waals surface area contributed by atoms with Crippen molar-refractivity contribution in [1.29, 1.82) is 0 Å². The van der Waals surface area contributed by atoms with Crippen molar-refractivity contribution in [3.05, 3.63) is 131 Å². The molecule has 0 radical (unpaired) electrons. The molecule has 4 heterocycles. The molecular formula is C38H43ClN2O2S2. The summed E-state index contributed by atoms with van der Waals surface area (Å²) >= 11 is 3.50. The Labute approximate surface area is 282 Å². The maximum atomic E-state index is 6.32. The highest BCUT2D eigenvalue weighted by atomic mass is 35.5. The summed E-state index contributed by atoms with van der Waals surface area (Å²) in [6, 6.07) is 38.6. The van der Waals surface area contributed by atoms with E-state index < -0.39 is 0 Å². The Bertz CT molecular complexity index is 1670. The van der Waals surface area contributed by atoms with Crippen molar-refractivity contribution in [2.75, 3.05) is 26.2 Å². The normalized spacial score (nSPS) is 14.5. The van der Waals surface area contributed by atoms with Crippen LogP contribution >= 0.6 is 35.1 Å². The number of halogens is 1. The summed E-state index contributed by atoms with van der Waals surface area (Å²) in [4.78, 5) is 2.50. The summed E-state index contributed by atoms with van der Waals surface area (Å²) < 4.78 is 14.8. The molecule has 8 rings (SSSR count). The van der Waals surface area contributed by atoms with Crippen molar-refractivity contribution in [2.24, 2.45) is 0 Å². The molecule has 0 bridgehead atoms. The van der Waals surface area contributed by atoms with Crippen molar-refractivity contribution in [1.82, 2.24) is 10.2 Å². The third-order valence-electron chi connectivity index (χ3n) is 7.69. The van der Waals surface area contributed by atoms with E-state index >= 15 is 0 Å². The van der Waals surface area contributed by atoms with Gasteiger partial charge >= 0.3 is 0 Å². The first kappa shape index (κ1) is 34.5. The summed E-state index contributed by atoms with van der Waals surface area (Å²) in [5, 5.41) is 9.90. The largest absolute Gasteiger partial charge is 0.486 e. The quantitative estimate of drug-likeness (QED) is 0.185. The topological polar surface area (TPSA) is 33.7 Å². The van der Waals surface area contributed by atoms with Crippen molar-refractivity contribution >= 4 is 55.3 Å². The third-order valence-corrected chi connectivity index (χ3v) is 9.58. The number of hydrogen-bond acceptors (Lipinski definition) is 6. The molecule has 4 aromatic carbocycles. The van der Waals surface area contributed by atoms with E-state index in [0.717, 1.165) is 37.7 Å². The van der Waals surface area contributed by atoms with Gasteiger partial charge in [0.25, 0.3) is 0 Å². The van der Waals surface area contributed by atoms with Crippen LogP contribution in [0.3, 0.4) is 0 Å². The lowest BCUT2D eigenvalue weighted by molar-refractivity contribution is 0.00132. The van der Waals surface area contributed by atoms with Gasteiger partial charge in [0.15, 0.2) is 0 Å². The number of nitrogens with zero attached hydrogens (tertiary/aromatic N) is 1. The summed E-state index contributed by atoms with van der Waals surface area (Å²) in [5.41, 5.74) is 2.67. The van der Waals surface area contributed by atoms with Gasteiger partial charge in [-0.05, 0) is 35.4 Å². The Morgan fingerprint density at radius 2 is 1.04 bits per heavy atom. The molecule has 0 aliphatic carbocycles. The van der Waals surface area contributed by atoms with Crippen molar-refractivity contribution < 1.29 is 9.47 Å². The molecule has 6 aromatic rings. The van der Waals surface area contributed by atoms with Crippen molar-refractivity contribution in [2.45, 2.75) is 39.5 Å². The van der Waals surface area contributed by atoms with Gasteiger partial charge in [0.2, 0.25) is 0 Å². The zero-order valence-electron chi connectivity index (χ0n) is 25.1. The Kier molecular flexibility index (Phi) is 12.9. The number of ether oxygens (including phenoxy) is 2. The van der Waals surface area contributed by atoms with Gasteiger partial charge in [-0.1, -0.05) is 106 Å². The molecule has 0 saturated carbocycles. The molecule has 1 N–H and O–H groups in total. The van der Waals surface area contributed by atoms with Crippen LogP contribution in [0.2, 0.25) is 0 Å². The van der Waals surface area contributed by atoms with E-state index in [-0.39, 0.29) is 32.0 Å². The highest BCUT2D eigenvalue weighted by molar-refractivity contribution is 7.17. The zero-order valence-corrected chi connectivity index (χ0v) is 27.5. The number of likely N-dealkylation sites (tertiary alicyclic amines) is 1. The SMILES string of the molecule is C.CC.Cl.c1ccc(C(c2ccccc2)N2CC(Oc3csc4ccccc34)C2)cc1.c1ccc2c(OC3CNC3)csc2c1. The van der Waals surface area contributed by atoms with E-state index in [4.69, 9.17) is 9.47 Å². The molecule has 0 spiro atoms. The van der Waals surface area contributed by atoms with Crippen LogP contribution in [0.15, 0.2) is 120 Å². The molecule has 2 fully saturated rings. The molecule has 0 atom stereocenters. The third kappa shape index (κ3) is 8.07. The van der Waals surface area contributed by atoms with E-state index in [2.05, 4.69) is 130 Å². The highest BCUT2D eigenvalue weighted by Crippen LogP contribution is 2.37. The van der Waals surface area contributed by atoms with Crippen LogP contribution in [0.25, 0.3) is 20.2 Å². The van der Waals surface area contributed by atoms with Crippen molar-refractivity contribution in [3.8, 4) is 11.5 Å². The molecule has 2 aliphatic rings. The minimum Gasteiger partial charge on any atom is -0.486 e. The van der Waals surface area contributed by atoms with E-state index in [0.29, 0.717) is 6.10 Å². The number of fused-ring (bicyclic) bond motifs is 2. The monoisotopic (exact) mass is 658 g/mol. The number of benzene rings is 4. The van der Waals surface area contributed by atoms with Gasteiger partial charge in [-0.2, -0.15) is 0 Å². The second kappa shape index (κ2) is 16.8. The molecule has 2 aromatic heterocycles. The summed E-state index contributed by atoms with van der Waals surface area (Å²) in [7, 11) is 0. The Balaban J connectivity index is 0.000000217. The molecule has 45 heavy (non-hydrogen) atoms. The molecular weight excluding hydrogens is 616 g/mol. The summed E-state index contributed by atoms with van der Waals surface area (Å²) in [5.74, 6) is 2.06. The van der Waals surface area contributed by atoms with Gasteiger partial charge < -0.3 is 14.8 Å². The zero-order chi connectivity index (χ0) is 29.4. The molecule has 2 aliphatic heterocycles. The summed E-state index contributed by atoms with van der Waals surface area (Å²) in [6.07, 6.45) is 0.617. The van der Waals surface area contributed by atoms with Gasteiger partial charge in [-0.25, -0.2) is 0 Å². The Morgan fingerprint density at radius 3 is 1.49 bits per heavy atom. The van der Waals surface area contributed by atoms with E-state index in [1.807, 2.05) is 13.8 Å². The Hall–Kier alpha value is -3.39. The van der Waals surface area contributed by atoms with Gasteiger partial charge in [0.1, 0.15) is 23.7 Å². The molecule has 0 unspecified atom stereocenters. The van der Waals surface area contributed by atoms with Gasteiger partial charge in [0.05, 0.1) is 6.04 Å². The molecule has 7 heteroatoms. The number of nitrogens with one attached hydrogen (secondary N) is 1. The van der Waals surface area contributed by atoms with Gasteiger partial charge in [-0.15, -0.1) is 35.1 Å². The van der Waals surface area contributed by atoms with Crippen LogP contribution in [0.1, 0.15) is 38.4 Å². The maximum absolute atomic E-state index is 6.32. The summed E-state index contributed by atoms with van der Waals surface area (Å²) in [6.45, 7) is 7.84. The first-order valence-electron chi connectivity index (χ1n) is 15.1. The minimum atomic E-state index is 0. The first-order valence-corrected chi connectivity index (χ1v) is 16.9. The molecule has 0 amide bonds. The number of thiophene rings is 2. The predicted molar refractivity (Wildman–Crippen MR) is 197 cm³/mol. The van der Waals surface area contributed by atoms with Crippen LogP contribution < -0.4 is 14.8 Å². The first-order chi connectivity index (χ1) is 21.3. The van der Waals surface area contributed by atoms with Crippen LogP contribution in [0.5, 0.6) is 11.5 Å². The Morgan fingerprint density at radius 1 is 0.622 bits per heavy atom. The van der Waals surface area contributed by atoms with Crippen LogP contribution in [0, 0.1) is 0 Å². The number of rotatable bonds is 7. The second-order valence-corrected chi connectivity index (χ2v) is 12.3. The minimum absolute atomic E-state index is 0. The van der Waals surface area contributed by atoms with Gasteiger partial charge in [-0.3, -0.25) is 4.90 Å². The lowest BCUT2D eigenvalue weighted by atomic mass is 9.94. The maximum Gasteiger partial charge on any atom is 0.138 e. The van der Waals surface area contributed by atoms with Crippen LogP contribution in [0.4, 0.5) is 0 Å². The lowest BCUT2D eigenvalue weighted by Gasteiger charge is -2.44. The second-order valence-electron chi connectivity index (χ2n) is 10.5. The fraction of sp³-hybridized carbons (Fsp3) is 0.263.